The van der Waals surface area contributed by atoms with Gasteiger partial charge in [0.15, 0.2) is 0 Å². The largest absolute Gasteiger partial charge is 0.468 e. The Bertz CT molecular complexity index is 543. The van der Waals surface area contributed by atoms with Crippen LogP contribution in [0.15, 0.2) is 29.2 Å². The summed E-state index contributed by atoms with van der Waals surface area (Å²) in [6.07, 6.45) is 0. The van der Waals surface area contributed by atoms with Crippen LogP contribution in [0, 0.1) is 0 Å². The average Bonchev–Trinajstić information content (AvgIpc) is 2.39. The van der Waals surface area contributed by atoms with Gasteiger partial charge in [0.2, 0.25) is 10.0 Å². The number of nitrogen functional groups attached to an aromatic ring is 1. The fraction of sp³-hybridized carbons (Fsp3) is 0.417. The first-order valence-corrected chi connectivity index (χ1v) is 8.54. The van der Waals surface area contributed by atoms with Gasteiger partial charge in [-0.05, 0) is 31.2 Å². The number of ether oxygens (including phenoxy) is 1. The van der Waals surface area contributed by atoms with E-state index in [0.29, 0.717) is 11.4 Å². The molecule has 0 spiro atoms. The van der Waals surface area contributed by atoms with E-state index in [4.69, 9.17) is 5.73 Å². The van der Waals surface area contributed by atoms with Crippen LogP contribution in [0.25, 0.3) is 0 Å². The van der Waals surface area contributed by atoms with Gasteiger partial charge in [0.1, 0.15) is 6.04 Å². The minimum Gasteiger partial charge on any atom is -0.468 e. The first-order valence-electron chi connectivity index (χ1n) is 5.90. The highest BCUT2D eigenvalue weighted by Gasteiger charge is 2.20. The second-order valence-electron chi connectivity index (χ2n) is 4.10. The molecule has 6 nitrogen and oxygen atoms in total. The zero-order valence-corrected chi connectivity index (χ0v) is 13.0. The minimum atomic E-state index is -3.51. The average molecular weight is 318 g/mol. The van der Waals surface area contributed by atoms with Gasteiger partial charge in [0.25, 0.3) is 0 Å². The second kappa shape index (κ2) is 7.51. The molecule has 112 valence electrons. The monoisotopic (exact) mass is 318 g/mol. The number of benzene rings is 1. The third-order valence-corrected chi connectivity index (χ3v) is 5.14. The summed E-state index contributed by atoms with van der Waals surface area (Å²) < 4.78 is 30.2. The maximum Gasteiger partial charge on any atom is 0.323 e. The number of thioether (sulfide) groups is 1. The Kier molecular flexibility index (Phi) is 6.31. The number of anilines is 1. The van der Waals surface area contributed by atoms with E-state index in [1.165, 1.54) is 25.8 Å². The van der Waals surface area contributed by atoms with Crippen LogP contribution in [0.2, 0.25) is 0 Å². The highest BCUT2D eigenvalue weighted by Crippen LogP contribution is 2.19. The van der Waals surface area contributed by atoms with Crippen LogP contribution in [0.5, 0.6) is 0 Å². The summed E-state index contributed by atoms with van der Waals surface area (Å²) in [6.45, 7) is 1.44. The van der Waals surface area contributed by atoms with Crippen LogP contribution in [0.3, 0.4) is 0 Å². The zero-order valence-electron chi connectivity index (χ0n) is 11.3. The molecule has 1 rings (SSSR count). The normalized spacial score (nSPS) is 12.9. The van der Waals surface area contributed by atoms with E-state index in [0.717, 1.165) is 4.90 Å². The molecular formula is C12H18N2O4S2. The van der Waals surface area contributed by atoms with Crippen molar-refractivity contribution in [3.05, 3.63) is 24.3 Å². The molecule has 1 atom stereocenters. The second-order valence-corrected chi connectivity index (χ2v) is 7.14. The van der Waals surface area contributed by atoms with Crippen LogP contribution in [0.1, 0.15) is 6.92 Å². The lowest BCUT2D eigenvalue weighted by atomic mass is 10.3. The molecule has 0 saturated carbocycles. The van der Waals surface area contributed by atoms with Gasteiger partial charge in [-0.3, -0.25) is 4.79 Å². The molecule has 0 amide bonds. The number of rotatable bonds is 7. The molecule has 0 fully saturated rings. The van der Waals surface area contributed by atoms with E-state index >= 15 is 0 Å². The Morgan fingerprint density at radius 2 is 2.00 bits per heavy atom. The van der Waals surface area contributed by atoms with E-state index in [2.05, 4.69) is 9.46 Å². The lowest BCUT2D eigenvalue weighted by Gasteiger charge is -2.11. The van der Waals surface area contributed by atoms with E-state index < -0.39 is 22.0 Å². The molecule has 0 saturated heterocycles. The summed E-state index contributed by atoms with van der Waals surface area (Å²) in [5.74, 6) is -0.309. The molecule has 0 bridgehead atoms. The van der Waals surface area contributed by atoms with Crippen LogP contribution < -0.4 is 10.5 Å². The Morgan fingerprint density at radius 1 is 1.40 bits per heavy atom. The topological polar surface area (TPSA) is 98.5 Å². The lowest BCUT2D eigenvalue weighted by Crippen LogP contribution is -2.40. The van der Waals surface area contributed by atoms with Crippen LogP contribution >= 0.6 is 11.8 Å². The van der Waals surface area contributed by atoms with Gasteiger partial charge in [-0.2, -0.15) is 0 Å². The molecule has 0 aliphatic heterocycles. The van der Waals surface area contributed by atoms with Crippen molar-refractivity contribution in [1.82, 2.24) is 4.72 Å². The predicted molar refractivity (Wildman–Crippen MR) is 80.0 cm³/mol. The quantitative estimate of drug-likeness (QED) is 0.439. The summed E-state index contributed by atoms with van der Waals surface area (Å²) in [7, 11) is -2.30. The van der Waals surface area contributed by atoms with E-state index in [-0.39, 0.29) is 5.75 Å². The summed E-state index contributed by atoms with van der Waals surface area (Å²) in [5.41, 5.74) is 6.22. The van der Waals surface area contributed by atoms with Crippen LogP contribution in [-0.2, 0) is 19.6 Å². The first kappa shape index (κ1) is 16.8. The molecule has 1 unspecified atom stereocenters. The molecule has 0 radical (unpaired) electrons. The van der Waals surface area contributed by atoms with Gasteiger partial charge >= 0.3 is 5.97 Å². The number of carbonyl (C=O) groups is 1. The maximum absolute atomic E-state index is 11.8. The van der Waals surface area contributed by atoms with E-state index in [1.54, 1.807) is 12.1 Å². The zero-order chi connectivity index (χ0) is 15.2. The number of sulfonamides is 1. The Hall–Kier alpha value is -1.25. The van der Waals surface area contributed by atoms with Crippen molar-refractivity contribution < 1.29 is 17.9 Å². The van der Waals surface area contributed by atoms with Gasteiger partial charge in [-0.15, -0.1) is 11.8 Å². The van der Waals surface area contributed by atoms with Crippen molar-refractivity contribution in [1.29, 1.82) is 0 Å². The van der Waals surface area contributed by atoms with Gasteiger partial charge < -0.3 is 10.5 Å². The van der Waals surface area contributed by atoms with E-state index in [1.807, 2.05) is 12.1 Å². The third kappa shape index (κ3) is 5.81. The fourth-order valence-electron chi connectivity index (χ4n) is 1.39. The van der Waals surface area contributed by atoms with Gasteiger partial charge in [0, 0.05) is 16.3 Å². The molecule has 3 N–H and O–H groups in total. The van der Waals surface area contributed by atoms with Gasteiger partial charge in [-0.1, -0.05) is 0 Å². The Morgan fingerprint density at radius 3 is 2.55 bits per heavy atom. The van der Waals surface area contributed by atoms with Crippen molar-refractivity contribution in [2.45, 2.75) is 17.9 Å². The van der Waals surface area contributed by atoms with Crippen molar-refractivity contribution in [2.75, 3.05) is 24.3 Å². The maximum atomic E-state index is 11.8. The van der Waals surface area contributed by atoms with Crippen LogP contribution in [-0.4, -0.2) is 39.0 Å². The summed E-state index contributed by atoms with van der Waals surface area (Å²) >= 11 is 1.41. The van der Waals surface area contributed by atoms with Crippen molar-refractivity contribution in [2.24, 2.45) is 0 Å². The van der Waals surface area contributed by atoms with Crippen LogP contribution in [0.4, 0.5) is 5.69 Å². The van der Waals surface area contributed by atoms with Crippen molar-refractivity contribution >= 4 is 33.4 Å². The Labute approximate surface area is 123 Å². The lowest BCUT2D eigenvalue weighted by molar-refractivity contribution is -0.142. The molecule has 0 aromatic heterocycles. The predicted octanol–water partition coefficient (Wildman–Crippen LogP) is 0.842. The molecule has 1 aromatic carbocycles. The van der Waals surface area contributed by atoms with Gasteiger partial charge in [-0.25, -0.2) is 13.1 Å². The van der Waals surface area contributed by atoms with Crippen molar-refractivity contribution in [3.63, 3.8) is 0 Å². The fourth-order valence-corrected chi connectivity index (χ4v) is 3.91. The molecule has 0 aliphatic rings. The highest BCUT2D eigenvalue weighted by molar-refractivity contribution is 8.00. The smallest absolute Gasteiger partial charge is 0.323 e. The van der Waals surface area contributed by atoms with Gasteiger partial charge in [0.05, 0.1) is 12.9 Å². The number of hydrogen-bond donors (Lipinski definition) is 2. The SMILES string of the molecule is COC(=O)C(C)NS(=O)(=O)CCSc1ccc(N)cc1. The minimum absolute atomic E-state index is 0.0800. The summed E-state index contributed by atoms with van der Waals surface area (Å²) in [5, 5.41) is 0. The molecule has 8 heteroatoms. The van der Waals surface area contributed by atoms with Crippen molar-refractivity contribution in [3.8, 4) is 0 Å². The number of methoxy groups -OCH3 is 1. The highest BCUT2D eigenvalue weighted by atomic mass is 32.2. The number of esters is 1. The number of nitrogens with one attached hydrogen (secondary N) is 1. The first-order chi connectivity index (χ1) is 9.34. The number of carbonyl (C=O) groups excluding carboxylic acids is 1. The number of hydrogen-bond acceptors (Lipinski definition) is 6. The number of nitrogens with two attached hydrogens (primary N) is 1. The van der Waals surface area contributed by atoms with E-state index in [9.17, 15) is 13.2 Å². The Balaban J connectivity index is 2.43. The third-order valence-electron chi connectivity index (χ3n) is 2.41. The molecule has 1 aromatic rings. The molecular weight excluding hydrogens is 300 g/mol. The molecule has 20 heavy (non-hydrogen) atoms. The standard InChI is InChI=1S/C12H18N2O4S2/c1-9(12(15)18-2)14-20(16,17)8-7-19-11-5-3-10(13)4-6-11/h3-6,9,14H,7-8,13H2,1-2H3. The molecule has 0 heterocycles. The summed E-state index contributed by atoms with van der Waals surface area (Å²) in [6, 6.07) is 6.29. The summed E-state index contributed by atoms with van der Waals surface area (Å²) in [4.78, 5) is 12.1. The molecule has 0 aliphatic carbocycles.